The fourth-order valence-electron chi connectivity index (χ4n) is 3.40. The molecule has 9 nitrogen and oxygen atoms in total. The Balaban J connectivity index is 1.64. The molecule has 0 radical (unpaired) electrons. The highest BCUT2D eigenvalue weighted by Crippen LogP contribution is 2.15. The molecule has 0 atom stereocenters. The van der Waals surface area contributed by atoms with E-state index in [4.69, 9.17) is 14.0 Å². The number of nitrogens with one attached hydrogen (secondary N) is 2. The van der Waals surface area contributed by atoms with E-state index in [1.807, 2.05) is 0 Å². The van der Waals surface area contributed by atoms with Gasteiger partial charge in [0.1, 0.15) is 31.1 Å². The van der Waals surface area contributed by atoms with E-state index in [9.17, 15) is 9.59 Å². The fraction of sp³-hybridized carbons (Fsp3) is 0.476. The quantitative estimate of drug-likeness (QED) is 0.612. The number of nitrogens with zero attached hydrogens (tertiary/aromatic N) is 2. The lowest BCUT2D eigenvalue weighted by molar-refractivity contribution is -0.908. The van der Waals surface area contributed by atoms with Crippen LogP contribution in [0.25, 0.3) is 0 Å². The van der Waals surface area contributed by atoms with E-state index >= 15 is 0 Å². The highest BCUT2D eigenvalue weighted by molar-refractivity contribution is 5.99. The van der Waals surface area contributed by atoms with E-state index in [0.717, 1.165) is 39.3 Å². The second kappa shape index (κ2) is 10.7. The number of hydrogen-bond acceptors (Lipinski definition) is 6. The largest absolute Gasteiger partial charge is 0.497 e. The number of benzene rings is 1. The van der Waals surface area contributed by atoms with Crippen molar-refractivity contribution in [3.63, 3.8) is 0 Å². The maximum absolute atomic E-state index is 13.1. The molecule has 0 spiro atoms. The average molecular weight is 417 g/mol. The van der Waals surface area contributed by atoms with Crippen LogP contribution in [-0.2, 0) is 9.53 Å². The first-order chi connectivity index (χ1) is 14.5. The molecule has 1 aromatic carbocycles. The van der Waals surface area contributed by atoms with Crippen LogP contribution in [0.1, 0.15) is 22.5 Å². The van der Waals surface area contributed by atoms with Gasteiger partial charge in [0.2, 0.25) is 5.91 Å². The molecule has 1 saturated heterocycles. The van der Waals surface area contributed by atoms with Crippen molar-refractivity contribution in [2.75, 3.05) is 58.4 Å². The summed E-state index contributed by atoms with van der Waals surface area (Å²) >= 11 is 0. The highest BCUT2D eigenvalue weighted by Gasteiger charge is 2.21. The van der Waals surface area contributed by atoms with E-state index in [0.29, 0.717) is 29.4 Å². The second-order valence-corrected chi connectivity index (χ2v) is 7.30. The van der Waals surface area contributed by atoms with E-state index < -0.39 is 0 Å². The molecule has 1 aliphatic rings. The summed E-state index contributed by atoms with van der Waals surface area (Å²) in [6.45, 7) is 6.55. The molecular weight excluding hydrogens is 388 g/mol. The zero-order valence-electron chi connectivity index (χ0n) is 17.5. The molecule has 1 fully saturated rings. The molecule has 0 unspecified atom stereocenters. The summed E-state index contributed by atoms with van der Waals surface area (Å²) < 4.78 is 15.6. The SMILES string of the molecule is COc1cccc(C(=O)N(CCC[NH+]2CCOCC2)CC(=O)Nc2cc(C)on2)c1. The number of morpholine rings is 1. The second-order valence-electron chi connectivity index (χ2n) is 7.30. The van der Waals surface area contributed by atoms with Gasteiger partial charge in [-0.05, 0) is 25.1 Å². The maximum atomic E-state index is 13.1. The molecule has 3 rings (SSSR count). The van der Waals surface area contributed by atoms with Crippen LogP contribution in [0.5, 0.6) is 5.75 Å². The molecule has 1 aromatic heterocycles. The summed E-state index contributed by atoms with van der Waals surface area (Å²) in [5.74, 6) is 1.00. The Morgan fingerprint density at radius 2 is 2.07 bits per heavy atom. The third-order valence-electron chi connectivity index (χ3n) is 4.99. The van der Waals surface area contributed by atoms with E-state index in [1.54, 1.807) is 49.3 Å². The number of hydrogen-bond donors (Lipinski definition) is 2. The van der Waals surface area contributed by atoms with E-state index in [-0.39, 0.29) is 18.4 Å². The minimum Gasteiger partial charge on any atom is -0.497 e. The summed E-state index contributed by atoms with van der Waals surface area (Å²) in [6.07, 6.45) is 0.793. The van der Waals surface area contributed by atoms with Crippen LogP contribution in [0.15, 0.2) is 34.9 Å². The van der Waals surface area contributed by atoms with Gasteiger partial charge in [-0.2, -0.15) is 0 Å². The lowest BCUT2D eigenvalue weighted by atomic mass is 10.1. The van der Waals surface area contributed by atoms with Crippen molar-refractivity contribution in [2.45, 2.75) is 13.3 Å². The van der Waals surface area contributed by atoms with Crippen LogP contribution >= 0.6 is 0 Å². The normalized spacial score (nSPS) is 14.3. The zero-order chi connectivity index (χ0) is 21.3. The van der Waals surface area contributed by atoms with Crippen LogP contribution in [0.2, 0.25) is 0 Å². The van der Waals surface area contributed by atoms with Gasteiger partial charge in [0, 0.05) is 24.6 Å². The van der Waals surface area contributed by atoms with Gasteiger partial charge in [-0.15, -0.1) is 0 Å². The van der Waals surface area contributed by atoms with Gasteiger partial charge >= 0.3 is 0 Å². The molecule has 9 heteroatoms. The molecule has 0 bridgehead atoms. The number of methoxy groups -OCH3 is 1. The molecule has 30 heavy (non-hydrogen) atoms. The zero-order valence-corrected chi connectivity index (χ0v) is 17.5. The molecule has 2 amide bonds. The molecule has 0 aliphatic carbocycles. The molecular formula is C21H29N4O5+. The summed E-state index contributed by atoms with van der Waals surface area (Å²) in [4.78, 5) is 28.7. The minimum absolute atomic E-state index is 0.0691. The Bertz CT molecular complexity index is 847. The van der Waals surface area contributed by atoms with Crippen LogP contribution in [-0.4, -0.2) is 74.9 Å². The first-order valence-electron chi connectivity index (χ1n) is 10.1. The molecule has 0 saturated carbocycles. The number of aryl methyl sites for hydroxylation is 1. The third-order valence-corrected chi connectivity index (χ3v) is 4.99. The number of carbonyl (C=O) groups excluding carboxylic acids is 2. The summed E-state index contributed by atoms with van der Waals surface area (Å²) in [5, 5.41) is 6.45. The lowest BCUT2D eigenvalue weighted by Gasteiger charge is -2.26. The third kappa shape index (κ3) is 6.30. The molecule has 2 N–H and O–H groups in total. The van der Waals surface area contributed by atoms with Crippen molar-refractivity contribution in [1.82, 2.24) is 10.1 Å². The van der Waals surface area contributed by atoms with Gasteiger partial charge in [-0.25, -0.2) is 0 Å². The Hall–Kier alpha value is -2.91. The van der Waals surface area contributed by atoms with Crippen molar-refractivity contribution in [2.24, 2.45) is 0 Å². The van der Waals surface area contributed by atoms with Crippen molar-refractivity contribution in [1.29, 1.82) is 0 Å². The van der Waals surface area contributed by atoms with Gasteiger partial charge in [0.15, 0.2) is 5.82 Å². The summed E-state index contributed by atoms with van der Waals surface area (Å²) in [6, 6.07) is 8.59. The van der Waals surface area contributed by atoms with Crippen molar-refractivity contribution < 1.29 is 28.5 Å². The summed E-state index contributed by atoms with van der Waals surface area (Å²) in [5.41, 5.74) is 0.484. The standard InChI is InChI=1S/C21H28N4O5/c1-16-13-19(23-30-16)22-20(26)15-25(8-4-7-24-9-11-29-12-10-24)21(27)17-5-3-6-18(14-17)28-2/h3,5-6,13-14H,4,7-12,15H2,1-2H3,(H,22,23,26)/p+1. The van der Waals surface area contributed by atoms with Crippen molar-refractivity contribution in [3.8, 4) is 5.75 Å². The molecule has 2 aromatic rings. The monoisotopic (exact) mass is 417 g/mol. The van der Waals surface area contributed by atoms with Crippen LogP contribution in [0.3, 0.4) is 0 Å². The van der Waals surface area contributed by atoms with E-state index in [2.05, 4.69) is 10.5 Å². The number of anilines is 1. The smallest absolute Gasteiger partial charge is 0.254 e. The highest BCUT2D eigenvalue weighted by atomic mass is 16.5. The van der Waals surface area contributed by atoms with Gasteiger partial charge in [0.25, 0.3) is 5.91 Å². The minimum atomic E-state index is -0.321. The Morgan fingerprint density at radius 3 is 2.77 bits per heavy atom. The lowest BCUT2D eigenvalue weighted by Crippen LogP contribution is -3.14. The van der Waals surface area contributed by atoms with Crippen molar-refractivity contribution in [3.05, 3.63) is 41.7 Å². The van der Waals surface area contributed by atoms with Gasteiger partial charge in [0.05, 0.1) is 26.9 Å². The van der Waals surface area contributed by atoms with Crippen molar-refractivity contribution >= 4 is 17.6 Å². The molecule has 2 heterocycles. The van der Waals surface area contributed by atoms with E-state index in [1.165, 1.54) is 4.90 Å². The molecule has 1 aliphatic heterocycles. The first kappa shape index (κ1) is 21.8. The van der Waals surface area contributed by atoms with Gasteiger partial charge < -0.3 is 29.1 Å². The topological polar surface area (TPSA) is 98.3 Å². The number of carbonyl (C=O) groups is 2. The first-order valence-corrected chi connectivity index (χ1v) is 10.1. The Morgan fingerprint density at radius 1 is 1.27 bits per heavy atom. The number of ether oxygens (including phenoxy) is 2. The van der Waals surface area contributed by atoms with Gasteiger partial charge in [-0.1, -0.05) is 11.2 Å². The predicted molar refractivity (Wildman–Crippen MR) is 110 cm³/mol. The summed E-state index contributed by atoms with van der Waals surface area (Å²) in [7, 11) is 1.56. The predicted octanol–water partition coefficient (Wildman–Crippen LogP) is 0.378. The number of amides is 2. The number of rotatable bonds is 9. The van der Waals surface area contributed by atoms with Crippen LogP contribution < -0.4 is 15.0 Å². The fourth-order valence-corrected chi connectivity index (χ4v) is 3.40. The van der Waals surface area contributed by atoms with Crippen LogP contribution in [0, 0.1) is 6.92 Å². The Labute approximate surface area is 175 Å². The molecule has 162 valence electrons. The Kier molecular flexibility index (Phi) is 7.81. The average Bonchev–Trinajstić information content (AvgIpc) is 3.17. The van der Waals surface area contributed by atoms with Crippen LogP contribution in [0.4, 0.5) is 5.82 Å². The maximum Gasteiger partial charge on any atom is 0.254 e. The number of aromatic nitrogens is 1. The van der Waals surface area contributed by atoms with Gasteiger partial charge in [-0.3, -0.25) is 9.59 Å². The number of quaternary nitrogens is 1.